The van der Waals surface area contributed by atoms with Crippen molar-refractivity contribution in [3.63, 3.8) is 0 Å². The van der Waals surface area contributed by atoms with Crippen LogP contribution in [0.15, 0.2) is 0 Å². The zero-order valence-electron chi connectivity index (χ0n) is 13.2. The maximum absolute atomic E-state index is 12.7. The van der Waals surface area contributed by atoms with Gasteiger partial charge in [0.15, 0.2) is 0 Å². The molecular weight excluding hydrogens is 252 g/mol. The number of rotatable bonds is 2. The van der Waals surface area contributed by atoms with Crippen LogP contribution in [0.1, 0.15) is 53.4 Å². The Kier molecular flexibility index (Phi) is 4.40. The SMILES string of the molecule is CC1CCCC1CN1CCC(=O)NC(C(C)(C)C)C1=O. The van der Waals surface area contributed by atoms with Gasteiger partial charge in [0.2, 0.25) is 11.8 Å². The Morgan fingerprint density at radius 2 is 1.95 bits per heavy atom. The van der Waals surface area contributed by atoms with Crippen molar-refractivity contribution in [3.05, 3.63) is 0 Å². The van der Waals surface area contributed by atoms with Gasteiger partial charge in [0.25, 0.3) is 0 Å². The molecule has 2 amide bonds. The zero-order chi connectivity index (χ0) is 14.9. The highest BCUT2D eigenvalue weighted by atomic mass is 16.2. The van der Waals surface area contributed by atoms with Crippen molar-refractivity contribution in [2.24, 2.45) is 17.3 Å². The summed E-state index contributed by atoms with van der Waals surface area (Å²) in [6, 6.07) is -0.394. The van der Waals surface area contributed by atoms with E-state index >= 15 is 0 Å². The molecule has 20 heavy (non-hydrogen) atoms. The van der Waals surface area contributed by atoms with E-state index in [9.17, 15) is 9.59 Å². The summed E-state index contributed by atoms with van der Waals surface area (Å²) in [4.78, 5) is 26.5. The van der Waals surface area contributed by atoms with Crippen LogP contribution in [0.4, 0.5) is 0 Å². The lowest BCUT2D eigenvalue weighted by Gasteiger charge is -2.33. The summed E-state index contributed by atoms with van der Waals surface area (Å²) in [6.07, 6.45) is 4.19. The fourth-order valence-electron chi connectivity index (χ4n) is 3.37. The number of nitrogens with zero attached hydrogens (tertiary/aromatic N) is 1. The molecule has 2 rings (SSSR count). The van der Waals surface area contributed by atoms with Crippen LogP contribution in [0.2, 0.25) is 0 Å². The zero-order valence-corrected chi connectivity index (χ0v) is 13.2. The van der Waals surface area contributed by atoms with E-state index in [0.29, 0.717) is 24.8 Å². The smallest absolute Gasteiger partial charge is 0.245 e. The minimum absolute atomic E-state index is 0.000227. The Labute approximate surface area is 122 Å². The van der Waals surface area contributed by atoms with Crippen LogP contribution in [0.3, 0.4) is 0 Å². The monoisotopic (exact) mass is 280 g/mol. The largest absolute Gasteiger partial charge is 0.344 e. The molecular formula is C16H28N2O2. The number of carbonyl (C=O) groups excluding carboxylic acids is 2. The number of amides is 2. The van der Waals surface area contributed by atoms with Gasteiger partial charge in [-0.3, -0.25) is 9.59 Å². The first-order chi connectivity index (χ1) is 9.29. The summed E-state index contributed by atoms with van der Waals surface area (Å²) in [5.74, 6) is 1.40. The maximum Gasteiger partial charge on any atom is 0.245 e. The predicted molar refractivity (Wildman–Crippen MR) is 79.1 cm³/mol. The normalized spacial score (nSPS) is 32.2. The van der Waals surface area contributed by atoms with Crippen LogP contribution < -0.4 is 5.32 Å². The Bertz CT molecular complexity index is 386. The molecule has 3 unspecified atom stereocenters. The highest BCUT2D eigenvalue weighted by molar-refractivity contribution is 5.90. The summed E-state index contributed by atoms with van der Waals surface area (Å²) < 4.78 is 0. The van der Waals surface area contributed by atoms with Gasteiger partial charge in [-0.05, 0) is 23.7 Å². The van der Waals surface area contributed by atoms with Crippen molar-refractivity contribution in [3.8, 4) is 0 Å². The van der Waals surface area contributed by atoms with E-state index in [4.69, 9.17) is 0 Å². The summed E-state index contributed by atoms with van der Waals surface area (Å²) in [5.41, 5.74) is -0.239. The molecule has 1 saturated carbocycles. The summed E-state index contributed by atoms with van der Waals surface area (Å²) in [5, 5.41) is 2.90. The first-order valence-corrected chi connectivity index (χ1v) is 7.87. The van der Waals surface area contributed by atoms with Crippen molar-refractivity contribution in [2.75, 3.05) is 13.1 Å². The van der Waals surface area contributed by atoms with E-state index in [-0.39, 0.29) is 17.2 Å². The van der Waals surface area contributed by atoms with Crippen LogP contribution in [-0.4, -0.2) is 35.8 Å². The van der Waals surface area contributed by atoms with Crippen molar-refractivity contribution in [2.45, 2.75) is 59.4 Å². The lowest BCUT2D eigenvalue weighted by molar-refractivity contribution is -0.137. The Morgan fingerprint density at radius 3 is 2.50 bits per heavy atom. The van der Waals surface area contributed by atoms with E-state index < -0.39 is 6.04 Å². The van der Waals surface area contributed by atoms with Crippen molar-refractivity contribution in [1.82, 2.24) is 10.2 Å². The third kappa shape index (κ3) is 3.33. The molecule has 2 fully saturated rings. The fourth-order valence-corrected chi connectivity index (χ4v) is 3.37. The van der Waals surface area contributed by atoms with Gasteiger partial charge in [0.1, 0.15) is 6.04 Å². The highest BCUT2D eigenvalue weighted by Gasteiger charge is 2.39. The first-order valence-electron chi connectivity index (χ1n) is 7.87. The summed E-state index contributed by atoms with van der Waals surface area (Å²) in [6.45, 7) is 9.71. The molecule has 2 aliphatic rings. The molecule has 1 N–H and O–H groups in total. The van der Waals surface area contributed by atoms with Crippen LogP contribution in [0, 0.1) is 17.3 Å². The lowest BCUT2D eigenvalue weighted by atomic mass is 9.85. The first kappa shape index (κ1) is 15.3. The standard InChI is InChI=1S/C16H28N2O2/c1-11-6-5-7-12(11)10-18-9-8-13(19)17-14(15(18)20)16(2,3)4/h11-12,14H,5-10H2,1-4H3,(H,17,19). The molecule has 4 nitrogen and oxygen atoms in total. The van der Waals surface area contributed by atoms with Crippen molar-refractivity contribution < 1.29 is 9.59 Å². The van der Waals surface area contributed by atoms with Crippen LogP contribution in [-0.2, 0) is 9.59 Å². The summed E-state index contributed by atoms with van der Waals surface area (Å²) >= 11 is 0. The molecule has 0 bridgehead atoms. The quantitative estimate of drug-likeness (QED) is 0.843. The number of hydrogen-bond acceptors (Lipinski definition) is 2. The average molecular weight is 280 g/mol. The van der Waals surface area contributed by atoms with Gasteiger partial charge < -0.3 is 10.2 Å². The third-order valence-electron chi connectivity index (χ3n) is 4.83. The van der Waals surface area contributed by atoms with E-state index in [0.717, 1.165) is 6.54 Å². The molecule has 1 aliphatic carbocycles. The predicted octanol–water partition coefficient (Wildman–Crippen LogP) is 2.19. The Hall–Kier alpha value is -1.06. The minimum Gasteiger partial charge on any atom is -0.344 e. The molecule has 0 radical (unpaired) electrons. The van der Waals surface area contributed by atoms with Gasteiger partial charge in [-0.1, -0.05) is 40.5 Å². The maximum atomic E-state index is 12.7. The third-order valence-corrected chi connectivity index (χ3v) is 4.83. The van der Waals surface area contributed by atoms with Gasteiger partial charge in [0.05, 0.1) is 0 Å². The molecule has 0 spiro atoms. The van der Waals surface area contributed by atoms with E-state index in [1.165, 1.54) is 19.3 Å². The average Bonchev–Trinajstić information content (AvgIpc) is 2.68. The van der Waals surface area contributed by atoms with E-state index in [1.807, 2.05) is 25.7 Å². The lowest BCUT2D eigenvalue weighted by Crippen LogP contribution is -2.52. The minimum atomic E-state index is -0.394. The molecule has 1 heterocycles. The molecule has 4 heteroatoms. The van der Waals surface area contributed by atoms with E-state index in [2.05, 4.69) is 12.2 Å². The van der Waals surface area contributed by atoms with Crippen LogP contribution in [0.25, 0.3) is 0 Å². The topological polar surface area (TPSA) is 49.4 Å². The van der Waals surface area contributed by atoms with Crippen LogP contribution >= 0.6 is 0 Å². The molecule has 1 aliphatic heterocycles. The van der Waals surface area contributed by atoms with Crippen molar-refractivity contribution >= 4 is 11.8 Å². The number of hydrogen-bond donors (Lipinski definition) is 1. The molecule has 3 atom stereocenters. The molecule has 0 aromatic heterocycles. The van der Waals surface area contributed by atoms with E-state index in [1.54, 1.807) is 0 Å². The molecule has 114 valence electrons. The number of nitrogens with one attached hydrogen (secondary N) is 1. The highest BCUT2D eigenvalue weighted by Crippen LogP contribution is 2.32. The molecule has 0 aromatic rings. The second-order valence-corrected chi connectivity index (χ2v) is 7.57. The van der Waals surface area contributed by atoms with Crippen molar-refractivity contribution in [1.29, 1.82) is 0 Å². The molecule has 1 saturated heterocycles. The van der Waals surface area contributed by atoms with Crippen LogP contribution in [0.5, 0.6) is 0 Å². The Balaban J connectivity index is 2.11. The fraction of sp³-hybridized carbons (Fsp3) is 0.875. The van der Waals surface area contributed by atoms with Gasteiger partial charge in [0, 0.05) is 19.5 Å². The molecule has 0 aromatic carbocycles. The van der Waals surface area contributed by atoms with Gasteiger partial charge in [-0.2, -0.15) is 0 Å². The second kappa shape index (κ2) is 5.74. The second-order valence-electron chi connectivity index (χ2n) is 7.57. The number of carbonyl (C=O) groups is 2. The Morgan fingerprint density at radius 1 is 1.25 bits per heavy atom. The van der Waals surface area contributed by atoms with Gasteiger partial charge in [-0.25, -0.2) is 0 Å². The summed E-state index contributed by atoms with van der Waals surface area (Å²) in [7, 11) is 0. The van der Waals surface area contributed by atoms with Gasteiger partial charge >= 0.3 is 0 Å². The van der Waals surface area contributed by atoms with Gasteiger partial charge in [-0.15, -0.1) is 0 Å².